The van der Waals surface area contributed by atoms with Crippen LogP contribution in [0.2, 0.25) is 0 Å². The van der Waals surface area contributed by atoms with Gasteiger partial charge in [0.2, 0.25) is 0 Å². The van der Waals surface area contributed by atoms with Crippen LogP contribution in [0.5, 0.6) is 0 Å². The van der Waals surface area contributed by atoms with E-state index in [-0.39, 0.29) is 0 Å². The summed E-state index contributed by atoms with van der Waals surface area (Å²) in [4.78, 5) is 0. The lowest BCUT2D eigenvalue weighted by Gasteiger charge is -1.86. The second-order valence-electron chi connectivity index (χ2n) is 1.58. The molecule has 0 spiro atoms. The van der Waals surface area contributed by atoms with Crippen LogP contribution in [-0.4, -0.2) is 0 Å². The molecule has 0 heteroatoms. The van der Waals surface area contributed by atoms with Crippen molar-refractivity contribution in [1.29, 1.82) is 0 Å². The summed E-state index contributed by atoms with van der Waals surface area (Å²) in [6.07, 6.45) is 8.14. The van der Waals surface area contributed by atoms with Gasteiger partial charge in [-0.05, 0) is 12.0 Å². The Balaban J connectivity index is 3.75. The van der Waals surface area contributed by atoms with Gasteiger partial charge in [-0.1, -0.05) is 25.8 Å². The fourth-order valence-electron chi connectivity index (χ4n) is 0.215. The van der Waals surface area contributed by atoms with E-state index in [4.69, 9.17) is 7.79 Å². The molecule has 0 radical (unpaired) electrons. The van der Waals surface area contributed by atoms with Crippen molar-refractivity contribution in [3.05, 3.63) is 12.2 Å². The zero-order chi connectivity index (χ0) is 6.62. The Morgan fingerprint density at radius 1 is 1.86 bits per heavy atom. The third-order valence-electron chi connectivity index (χ3n) is 0.513. The van der Waals surface area contributed by atoms with E-state index in [1.807, 2.05) is 0 Å². The topological polar surface area (TPSA) is 0 Å². The summed E-state index contributed by atoms with van der Waals surface area (Å²) >= 11 is 0. The van der Waals surface area contributed by atoms with Crippen molar-refractivity contribution in [2.75, 3.05) is 0 Å². The van der Waals surface area contributed by atoms with E-state index in [9.17, 15) is 0 Å². The summed E-state index contributed by atoms with van der Waals surface area (Å²) in [7, 11) is 0. The molecular formula is C7H10. The lowest BCUT2D eigenvalue weighted by atomic mass is 10.2. The molecule has 7 heavy (non-hydrogen) atoms. The van der Waals surface area contributed by atoms with Gasteiger partial charge in [-0.2, -0.15) is 0 Å². The van der Waals surface area contributed by atoms with Crippen molar-refractivity contribution in [2.45, 2.75) is 13.8 Å². The molecule has 0 aromatic heterocycles. The minimum Gasteiger partial charge on any atom is -0.115 e. The van der Waals surface area contributed by atoms with Crippen LogP contribution >= 0.6 is 0 Å². The highest BCUT2D eigenvalue weighted by Gasteiger charge is 1.77. The van der Waals surface area contributed by atoms with Crippen molar-refractivity contribution in [3.63, 3.8) is 0 Å². The molecule has 0 saturated heterocycles. The molecule has 0 unspecified atom stereocenters. The van der Waals surface area contributed by atoms with Gasteiger partial charge in [0, 0.05) is 1.37 Å². The number of hydrogen-bond donors (Lipinski definition) is 0. The molecule has 0 atom stereocenters. The van der Waals surface area contributed by atoms with Crippen molar-refractivity contribution in [2.24, 2.45) is 5.89 Å². The van der Waals surface area contributed by atoms with Crippen LogP contribution in [-0.2, 0) is 0 Å². The maximum absolute atomic E-state index is 7.25. The fourth-order valence-corrected chi connectivity index (χ4v) is 0.215. The van der Waals surface area contributed by atoms with Crippen LogP contribution < -0.4 is 0 Å². The van der Waals surface area contributed by atoms with Gasteiger partial charge >= 0.3 is 0 Å². The molecule has 0 nitrogen and oxygen atoms in total. The quantitative estimate of drug-likeness (QED) is 0.436. The molecule has 38 valence electrons. The van der Waals surface area contributed by atoms with Crippen LogP contribution in [0.25, 0.3) is 0 Å². The average molecular weight is 95.2 g/mol. The largest absolute Gasteiger partial charge is 0.115 e. The van der Waals surface area contributed by atoms with Crippen molar-refractivity contribution in [1.82, 2.24) is 0 Å². The van der Waals surface area contributed by atoms with Gasteiger partial charge in [-0.15, -0.1) is 6.42 Å². The SMILES string of the molecule is [2H]C(C)(C)/C=C/C#C. The predicted molar refractivity (Wildman–Crippen MR) is 32.8 cm³/mol. The molecule has 0 bridgehead atoms. The van der Waals surface area contributed by atoms with Crippen LogP contribution in [0.1, 0.15) is 15.2 Å². The van der Waals surface area contributed by atoms with E-state index in [1.54, 1.807) is 26.0 Å². The molecule has 0 rings (SSSR count). The van der Waals surface area contributed by atoms with Crippen LogP contribution in [0.15, 0.2) is 12.2 Å². The molecule has 0 aromatic rings. The number of hydrogen-bond acceptors (Lipinski definition) is 0. The highest BCUT2D eigenvalue weighted by Crippen LogP contribution is 1.90. The summed E-state index contributed by atoms with van der Waals surface area (Å²) < 4.78 is 7.25. The van der Waals surface area contributed by atoms with Gasteiger partial charge < -0.3 is 0 Å². The lowest BCUT2D eigenvalue weighted by Crippen LogP contribution is -1.73. The summed E-state index contributed by atoms with van der Waals surface area (Å²) in [5.41, 5.74) is 0. The summed E-state index contributed by atoms with van der Waals surface area (Å²) in [5, 5.41) is 0. The summed E-state index contributed by atoms with van der Waals surface area (Å²) in [6, 6.07) is 0. The van der Waals surface area contributed by atoms with Crippen molar-refractivity contribution >= 4 is 0 Å². The van der Waals surface area contributed by atoms with Crippen molar-refractivity contribution < 1.29 is 1.37 Å². The molecule has 0 N–H and O–H groups in total. The van der Waals surface area contributed by atoms with E-state index in [0.29, 0.717) is 0 Å². The molecule has 0 aliphatic heterocycles. The fraction of sp³-hybridized carbons (Fsp3) is 0.429. The summed E-state index contributed by atoms with van der Waals surface area (Å²) in [5.74, 6) is 1.80. The molecule has 0 aliphatic carbocycles. The van der Waals surface area contributed by atoms with Gasteiger partial charge in [0.15, 0.2) is 0 Å². The Labute approximate surface area is 46.6 Å². The van der Waals surface area contributed by atoms with Crippen LogP contribution in [0, 0.1) is 18.2 Å². The van der Waals surface area contributed by atoms with Gasteiger partial charge in [-0.3, -0.25) is 0 Å². The zero-order valence-corrected chi connectivity index (χ0v) is 4.73. The normalized spacial score (nSPS) is 13.6. The van der Waals surface area contributed by atoms with Gasteiger partial charge in [0.1, 0.15) is 0 Å². The smallest absolute Gasteiger partial charge is 0.0341 e. The molecule has 0 heterocycles. The predicted octanol–water partition coefficient (Wildman–Crippen LogP) is 1.83. The Morgan fingerprint density at radius 3 is 2.57 bits per heavy atom. The first-order valence-electron chi connectivity index (χ1n) is 2.70. The van der Waals surface area contributed by atoms with Gasteiger partial charge in [0.05, 0.1) is 0 Å². The Bertz CT molecular complexity index is 120. The second-order valence-corrected chi connectivity index (χ2v) is 1.58. The van der Waals surface area contributed by atoms with Crippen LogP contribution in [0.3, 0.4) is 0 Å². The highest BCUT2D eigenvalue weighted by molar-refractivity contribution is 5.09. The first-order chi connectivity index (χ1) is 3.56. The molecule has 0 saturated carbocycles. The molecule has 0 aliphatic rings. The van der Waals surface area contributed by atoms with E-state index < -0.39 is 5.89 Å². The first-order valence-corrected chi connectivity index (χ1v) is 2.20. The lowest BCUT2D eigenvalue weighted by molar-refractivity contribution is 0.832. The minimum absolute atomic E-state index is 0.521. The van der Waals surface area contributed by atoms with E-state index in [1.165, 1.54) is 0 Å². The maximum atomic E-state index is 7.25. The Kier molecular flexibility index (Phi) is 2.22. The van der Waals surface area contributed by atoms with Crippen LogP contribution in [0.4, 0.5) is 0 Å². The highest BCUT2D eigenvalue weighted by atomic mass is 13.8. The number of rotatable bonds is 1. The Morgan fingerprint density at radius 2 is 2.43 bits per heavy atom. The monoisotopic (exact) mass is 95.1 g/mol. The molecular weight excluding hydrogens is 84.1 g/mol. The standard InChI is InChI=1S/C7H10/c1-4-5-6-7(2)3/h1,5-7H,2-3H3/b6-5+/i7D. The molecule has 0 aromatic carbocycles. The summed E-state index contributed by atoms with van der Waals surface area (Å²) in [6.45, 7) is 3.56. The third-order valence-corrected chi connectivity index (χ3v) is 0.513. The number of allylic oxidation sites excluding steroid dienone is 2. The molecule has 0 amide bonds. The Hall–Kier alpha value is -0.700. The van der Waals surface area contributed by atoms with E-state index >= 15 is 0 Å². The zero-order valence-electron chi connectivity index (χ0n) is 5.73. The van der Waals surface area contributed by atoms with Gasteiger partial charge in [-0.25, -0.2) is 0 Å². The number of terminal acetylenes is 1. The second kappa shape index (κ2) is 3.49. The van der Waals surface area contributed by atoms with Crippen molar-refractivity contribution in [3.8, 4) is 12.3 Å². The van der Waals surface area contributed by atoms with E-state index in [0.717, 1.165) is 0 Å². The minimum atomic E-state index is -0.521. The first kappa shape index (κ1) is 4.46. The maximum Gasteiger partial charge on any atom is 0.0341 e. The third kappa shape index (κ3) is 5.30. The average Bonchev–Trinajstić information content (AvgIpc) is 1.59. The van der Waals surface area contributed by atoms with Gasteiger partial charge in [0.25, 0.3) is 0 Å². The molecule has 0 fully saturated rings. The van der Waals surface area contributed by atoms with E-state index in [2.05, 4.69) is 5.92 Å².